The first kappa shape index (κ1) is 11.8. The predicted octanol–water partition coefficient (Wildman–Crippen LogP) is 1.94. The highest BCUT2D eigenvalue weighted by Gasteiger charge is 2.11. The van der Waals surface area contributed by atoms with Gasteiger partial charge in [0.2, 0.25) is 5.88 Å². The molecular weight excluding hydrogens is 262 g/mol. The lowest BCUT2D eigenvalue weighted by Gasteiger charge is -2.03. The molecule has 0 atom stereocenters. The number of nitrogens with one attached hydrogen (secondary N) is 1. The van der Waals surface area contributed by atoms with Crippen LogP contribution in [0.4, 0.5) is 0 Å². The average molecular weight is 273 g/mol. The first-order chi connectivity index (χ1) is 9.29. The molecule has 0 fully saturated rings. The van der Waals surface area contributed by atoms with Crippen LogP contribution in [0, 0.1) is 4.77 Å². The fourth-order valence-corrected chi connectivity index (χ4v) is 2.15. The maximum absolute atomic E-state index is 5.32. The van der Waals surface area contributed by atoms with Crippen molar-refractivity contribution in [3.8, 4) is 5.88 Å². The average Bonchev–Trinajstić information content (AvgIpc) is 2.76. The molecule has 19 heavy (non-hydrogen) atoms. The number of ether oxygens (including phenoxy) is 1. The van der Waals surface area contributed by atoms with Crippen molar-refractivity contribution in [2.24, 2.45) is 0 Å². The summed E-state index contributed by atoms with van der Waals surface area (Å²) < 4.78 is 7.63. The van der Waals surface area contributed by atoms with E-state index in [1.165, 1.54) is 6.33 Å². The quantitative estimate of drug-likeness (QED) is 0.739. The largest absolute Gasteiger partial charge is 0.479 e. The van der Waals surface area contributed by atoms with Gasteiger partial charge in [0.15, 0.2) is 10.4 Å². The van der Waals surface area contributed by atoms with Crippen LogP contribution in [0.1, 0.15) is 5.69 Å². The molecule has 0 aliphatic carbocycles. The molecular formula is C12H11N5OS. The second-order valence-electron chi connectivity index (χ2n) is 3.92. The predicted molar refractivity (Wildman–Crippen MR) is 72.6 cm³/mol. The number of aromatic amines is 1. The summed E-state index contributed by atoms with van der Waals surface area (Å²) in [7, 11) is 1.56. The van der Waals surface area contributed by atoms with E-state index in [9.17, 15) is 0 Å². The van der Waals surface area contributed by atoms with Crippen LogP contribution in [0.3, 0.4) is 0 Å². The second-order valence-corrected chi connectivity index (χ2v) is 4.31. The number of hydrogen-bond donors (Lipinski definition) is 1. The molecule has 7 heteroatoms. The lowest BCUT2D eigenvalue weighted by atomic mass is 10.3. The summed E-state index contributed by atoms with van der Waals surface area (Å²) in [5.74, 6) is 0.482. The summed E-state index contributed by atoms with van der Waals surface area (Å²) in [6.07, 6.45) is 3.21. The molecule has 3 aromatic heterocycles. The number of hydrogen-bond acceptors (Lipinski definition) is 5. The van der Waals surface area contributed by atoms with Crippen molar-refractivity contribution < 1.29 is 4.74 Å². The molecule has 3 heterocycles. The van der Waals surface area contributed by atoms with Gasteiger partial charge in [-0.1, -0.05) is 6.07 Å². The van der Waals surface area contributed by atoms with Gasteiger partial charge < -0.3 is 9.72 Å². The van der Waals surface area contributed by atoms with Crippen LogP contribution in [-0.2, 0) is 6.54 Å². The highest BCUT2D eigenvalue weighted by Crippen LogP contribution is 2.20. The van der Waals surface area contributed by atoms with E-state index in [4.69, 9.17) is 17.0 Å². The zero-order chi connectivity index (χ0) is 13.2. The van der Waals surface area contributed by atoms with Gasteiger partial charge in [0.1, 0.15) is 11.8 Å². The van der Waals surface area contributed by atoms with Gasteiger partial charge in [-0.2, -0.15) is 4.98 Å². The van der Waals surface area contributed by atoms with Crippen LogP contribution < -0.4 is 4.74 Å². The molecule has 6 nitrogen and oxygen atoms in total. The van der Waals surface area contributed by atoms with Gasteiger partial charge in [0.25, 0.3) is 0 Å². The van der Waals surface area contributed by atoms with Gasteiger partial charge in [-0.3, -0.25) is 9.55 Å². The van der Waals surface area contributed by atoms with E-state index >= 15 is 0 Å². The Bertz CT molecular complexity index is 765. The van der Waals surface area contributed by atoms with Crippen molar-refractivity contribution in [2.45, 2.75) is 6.54 Å². The Kier molecular flexibility index (Phi) is 2.96. The fourth-order valence-electron chi connectivity index (χ4n) is 1.90. The molecule has 3 aromatic rings. The molecule has 0 unspecified atom stereocenters. The monoisotopic (exact) mass is 273 g/mol. The normalized spacial score (nSPS) is 10.8. The summed E-state index contributed by atoms with van der Waals surface area (Å²) in [5.41, 5.74) is 2.32. The molecule has 0 amide bonds. The van der Waals surface area contributed by atoms with Gasteiger partial charge in [-0.25, -0.2) is 4.98 Å². The Balaban J connectivity index is 2.14. The van der Waals surface area contributed by atoms with Crippen molar-refractivity contribution in [1.29, 1.82) is 0 Å². The molecule has 0 bridgehead atoms. The van der Waals surface area contributed by atoms with E-state index in [0.717, 1.165) is 5.69 Å². The van der Waals surface area contributed by atoms with Crippen LogP contribution in [0.15, 0.2) is 30.7 Å². The van der Waals surface area contributed by atoms with Gasteiger partial charge in [-0.15, -0.1) is 0 Å². The topological polar surface area (TPSA) is 68.6 Å². The number of nitrogens with zero attached hydrogens (tertiary/aromatic N) is 4. The zero-order valence-electron chi connectivity index (χ0n) is 10.2. The van der Waals surface area contributed by atoms with Gasteiger partial charge in [0, 0.05) is 6.20 Å². The van der Waals surface area contributed by atoms with Crippen LogP contribution in [-0.4, -0.2) is 31.6 Å². The van der Waals surface area contributed by atoms with Crippen molar-refractivity contribution >= 4 is 23.4 Å². The Morgan fingerprint density at radius 3 is 2.95 bits per heavy atom. The maximum atomic E-state index is 5.32. The number of imidazole rings is 1. The van der Waals surface area contributed by atoms with E-state index < -0.39 is 0 Å². The number of rotatable bonds is 3. The van der Waals surface area contributed by atoms with E-state index in [1.807, 2.05) is 22.8 Å². The lowest BCUT2D eigenvalue weighted by molar-refractivity contribution is 0.401. The molecule has 0 saturated heterocycles. The Morgan fingerprint density at radius 2 is 2.21 bits per heavy atom. The number of methoxy groups -OCH3 is 1. The lowest BCUT2D eigenvalue weighted by Crippen LogP contribution is -2.02. The Hall–Kier alpha value is -2.28. The third-order valence-corrected chi connectivity index (χ3v) is 3.09. The van der Waals surface area contributed by atoms with Crippen LogP contribution >= 0.6 is 12.2 Å². The van der Waals surface area contributed by atoms with Crippen molar-refractivity contribution in [3.05, 3.63) is 41.2 Å². The Labute approximate surface area is 114 Å². The van der Waals surface area contributed by atoms with E-state index in [-0.39, 0.29) is 0 Å². The highest BCUT2D eigenvalue weighted by atomic mass is 32.1. The number of fused-ring (bicyclic) bond motifs is 1. The maximum Gasteiger partial charge on any atom is 0.242 e. The van der Waals surface area contributed by atoms with Crippen molar-refractivity contribution in [3.63, 3.8) is 0 Å². The highest BCUT2D eigenvalue weighted by molar-refractivity contribution is 7.71. The summed E-state index contributed by atoms with van der Waals surface area (Å²) in [5, 5.41) is 0. The van der Waals surface area contributed by atoms with Crippen LogP contribution in [0.25, 0.3) is 11.2 Å². The number of pyridine rings is 1. The number of aromatic nitrogens is 5. The minimum atomic E-state index is 0.482. The minimum Gasteiger partial charge on any atom is -0.479 e. The number of H-pyrrole nitrogens is 1. The summed E-state index contributed by atoms with van der Waals surface area (Å²) in [4.78, 5) is 15.7. The molecule has 3 rings (SSSR count). The third-order valence-electron chi connectivity index (χ3n) is 2.76. The molecule has 1 N–H and O–H groups in total. The molecule has 0 radical (unpaired) electrons. The third kappa shape index (κ3) is 2.08. The molecule has 0 aliphatic rings. The van der Waals surface area contributed by atoms with Crippen molar-refractivity contribution in [1.82, 2.24) is 24.5 Å². The zero-order valence-corrected chi connectivity index (χ0v) is 11.0. The molecule has 0 aromatic carbocycles. The van der Waals surface area contributed by atoms with Gasteiger partial charge in [-0.05, 0) is 24.4 Å². The van der Waals surface area contributed by atoms with Gasteiger partial charge in [0.05, 0.1) is 19.3 Å². The molecule has 0 spiro atoms. The molecule has 0 saturated carbocycles. The second kappa shape index (κ2) is 4.77. The molecule has 96 valence electrons. The van der Waals surface area contributed by atoms with Crippen LogP contribution in [0.5, 0.6) is 5.88 Å². The standard InChI is InChI=1S/C12H11N5OS/c1-18-11-9-10(14-7-15-11)17(12(19)16-9)6-8-4-2-3-5-13-8/h2-5,7H,6H2,1H3,(H,16,19). The van der Waals surface area contributed by atoms with E-state index in [0.29, 0.717) is 28.4 Å². The SMILES string of the molecule is COc1ncnc2c1[nH]c(=S)n2Cc1ccccn1. The van der Waals surface area contributed by atoms with Crippen LogP contribution in [0.2, 0.25) is 0 Å². The smallest absolute Gasteiger partial charge is 0.242 e. The minimum absolute atomic E-state index is 0.482. The van der Waals surface area contributed by atoms with E-state index in [1.54, 1.807) is 13.3 Å². The summed E-state index contributed by atoms with van der Waals surface area (Å²) >= 11 is 5.32. The summed E-state index contributed by atoms with van der Waals surface area (Å²) in [6, 6.07) is 5.76. The fraction of sp³-hybridized carbons (Fsp3) is 0.167. The van der Waals surface area contributed by atoms with E-state index in [2.05, 4.69) is 19.9 Å². The first-order valence-corrected chi connectivity index (χ1v) is 6.08. The van der Waals surface area contributed by atoms with Gasteiger partial charge >= 0.3 is 0 Å². The summed E-state index contributed by atoms with van der Waals surface area (Å²) in [6.45, 7) is 0.555. The first-order valence-electron chi connectivity index (χ1n) is 5.67. The Morgan fingerprint density at radius 1 is 1.32 bits per heavy atom. The molecule has 0 aliphatic heterocycles. The van der Waals surface area contributed by atoms with Crippen molar-refractivity contribution in [2.75, 3.05) is 7.11 Å².